The molecular weight excluding hydrogens is 358 g/mol. The van der Waals surface area contributed by atoms with Gasteiger partial charge < -0.3 is 19.3 Å². The van der Waals surface area contributed by atoms with E-state index in [1.165, 1.54) is 0 Å². The van der Waals surface area contributed by atoms with E-state index in [1.54, 1.807) is 14.0 Å². The summed E-state index contributed by atoms with van der Waals surface area (Å²) in [6.45, 7) is 5.80. The molecule has 0 fully saturated rings. The lowest BCUT2D eigenvalue weighted by Crippen LogP contribution is -2.36. The van der Waals surface area contributed by atoms with Crippen LogP contribution in [0.15, 0.2) is 47.0 Å². The van der Waals surface area contributed by atoms with E-state index in [0.717, 1.165) is 22.4 Å². The van der Waals surface area contributed by atoms with Crippen molar-refractivity contribution in [1.29, 1.82) is 0 Å². The number of carbonyl (C=O) groups excluding carboxylic acids is 1. The molecule has 1 N–H and O–H groups in total. The first-order valence-corrected chi connectivity index (χ1v) is 8.94. The summed E-state index contributed by atoms with van der Waals surface area (Å²) in [5.41, 5.74) is 2.97. The maximum Gasteiger partial charge on any atom is 0.261 e. The van der Waals surface area contributed by atoms with Crippen molar-refractivity contribution in [2.75, 3.05) is 7.11 Å². The zero-order chi connectivity index (χ0) is 20.1. The number of benzene rings is 2. The number of nitrogens with one attached hydrogen (secondary N) is 1. The van der Waals surface area contributed by atoms with Crippen molar-refractivity contribution in [3.63, 3.8) is 0 Å². The van der Waals surface area contributed by atoms with Crippen molar-refractivity contribution in [3.05, 3.63) is 59.5 Å². The molecule has 1 amide bonds. The van der Waals surface area contributed by atoms with Crippen molar-refractivity contribution in [3.8, 4) is 22.9 Å². The first-order valence-electron chi connectivity index (χ1n) is 8.94. The zero-order valence-corrected chi connectivity index (χ0v) is 16.4. The van der Waals surface area contributed by atoms with Gasteiger partial charge in [-0.05, 0) is 68.3 Å². The summed E-state index contributed by atoms with van der Waals surface area (Å²) in [5, 5.41) is 6.69. The fourth-order valence-corrected chi connectivity index (χ4v) is 2.75. The number of carbonyl (C=O) groups is 1. The third-order valence-electron chi connectivity index (χ3n) is 4.11. The number of ether oxygens (including phenoxy) is 2. The first kappa shape index (κ1) is 19.4. The molecule has 1 atom stereocenters. The molecule has 0 saturated carbocycles. The van der Waals surface area contributed by atoms with E-state index in [-0.39, 0.29) is 12.5 Å². The van der Waals surface area contributed by atoms with Gasteiger partial charge in [0.25, 0.3) is 5.91 Å². The Balaban J connectivity index is 1.56. The second-order valence-corrected chi connectivity index (χ2v) is 6.54. The van der Waals surface area contributed by atoms with Crippen LogP contribution in [0.4, 0.5) is 0 Å². The SMILES string of the molecule is COc1ccc(-c2noc(CNC(=O)[C@@H](C)Oc3cc(C)cc(C)c3)n2)cc1. The molecule has 2 aromatic carbocycles. The van der Waals surface area contributed by atoms with E-state index in [2.05, 4.69) is 15.5 Å². The van der Waals surface area contributed by atoms with Crippen molar-refractivity contribution in [2.24, 2.45) is 0 Å². The van der Waals surface area contributed by atoms with Crippen LogP contribution < -0.4 is 14.8 Å². The summed E-state index contributed by atoms with van der Waals surface area (Å²) in [7, 11) is 1.61. The van der Waals surface area contributed by atoms with Gasteiger partial charge in [0.1, 0.15) is 11.5 Å². The maximum absolute atomic E-state index is 12.3. The topological polar surface area (TPSA) is 86.5 Å². The van der Waals surface area contributed by atoms with Crippen molar-refractivity contribution < 1.29 is 18.8 Å². The summed E-state index contributed by atoms with van der Waals surface area (Å²) in [5.74, 6) is 1.92. The minimum Gasteiger partial charge on any atom is -0.497 e. The summed E-state index contributed by atoms with van der Waals surface area (Å²) >= 11 is 0. The Labute approximate surface area is 163 Å². The summed E-state index contributed by atoms with van der Waals surface area (Å²) in [4.78, 5) is 16.6. The molecule has 7 nitrogen and oxygen atoms in total. The number of aryl methyl sites for hydroxylation is 2. The van der Waals surface area contributed by atoms with Crippen molar-refractivity contribution >= 4 is 5.91 Å². The highest BCUT2D eigenvalue weighted by molar-refractivity contribution is 5.80. The number of methoxy groups -OCH3 is 1. The van der Waals surface area contributed by atoms with Crippen LogP contribution in [0.2, 0.25) is 0 Å². The van der Waals surface area contributed by atoms with Crippen molar-refractivity contribution in [2.45, 2.75) is 33.4 Å². The molecule has 0 radical (unpaired) electrons. The van der Waals surface area contributed by atoms with Gasteiger partial charge in [0.15, 0.2) is 6.10 Å². The number of hydrogen-bond donors (Lipinski definition) is 1. The van der Waals surface area contributed by atoms with E-state index in [9.17, 15) is 4.79 Å². The molecule has 0 aliphatic carbocycles. The average molecular weight is 381 g/mol. The minimum absolute atomic E-state index is 0.128. The molecule has 0 bridgehead atoms. The Kier molecular flexibility index (Phi) is 5.93. The zero-order valence-electron chi connectivity index (χ0n) is 16.4. The molecule has 0 saturated heterocycles. The molecule has 1 heterocycles. The molecule has 28 heavy (non-hydrogen) atoms. The summed E-state index contributed by atoms with van der Waals surface area (Å²) in [6.07, 6.45) is -0.648. The van der Waals surface area contributed by atoms with Crippen LogP contribution in [0, 0.1) is 13.8 Å². The molecule has 1 aromatic heterocycles. The Morgan fingerprint density at radius 1 is 1.11 bits per heavy atom. The molecule has 146 valence electrons. The molecule has 0 aliphatic heterocycles. The van der Waals surface area contributed by atoms with E-state index < -0.39 is 6.10 Å². The molecular formula is C21H23N3O4. The van der Waals surface area contributed by atoms with Gasteiger partial charge in [0.05, 0.1) is 13.7 Å². The van der Waals surface area contributed by atoms with Gasteiger partial charge in [-0.15, -0.1) is 0 Å². The van der Waals surface area contributed by atoms with Crippen LogP contribution >= 0.6 is 0 Å². The number of nitrogens with zero attached hydrogens (tertiary/aromatic N) is 2. The predicted octanol–water partition coefficient (Wildman–Crippen LogP) is 3.45. The predicted molar refractivity (Wildman–Crippen MR) is 104 cm³/mol. The van der Waals surface area contributed by atoms with Crippen LogP contribution in [-0.2, 0) is 11.3 Å². The van der Waals surface area contributed by atoms with Gasteiger partial charge >= 0.3 is 0 Å². The number of aromatic nitrogens is 2. The third kappa shape index (κ3) is 4.88. The highest BCUT2D eigenvalue weighted by Crippen LogP contribution is 2.20. The minimum atomic E-state index is -0.648. The standard InChI is InChI=1S/C21H23N3O4/c1-13-9-14(2)11-18(10-13)27-15(3)21(25)22-12-19-23-20(24-28-19)16-5-7-17(26-4)8-6-16/h5-11,15H,12H2,1-4H3,(H,22,25)/t15-/m1/s1. The van der Waals surface area contributed by atoms with Crippen LogP contribution in [0.5, 0.6) is 11.5 Å². The molecule has 0 aliphatic rings. The molecule has 3 rings (SSSR count). The normalized spacial score (nSPS) is 11.7. The Morgan fingerprint density at radius 3 is 2.43 bits per heavy atom. The highest BCUT2D eigenvalue weighted by atomic mass is 16.5. The van der Waals surface area contributed by atoms with Gasteiger partial charge in [-0.25, -0.2) is 0 Å². The number of rotatable bonds is 7. The van der Waals surface area contributed by atoms with Gasteiger partial charge in [-0.3, -0.25) is 4.79 Å². The summed E-state index contributed by atoms with van der Waals surface area (Å²) in [6, 6.07) is 13.2. The Hall–Kier alpha value is -3.35. The van der Waals surface area contributed by atoms with Crippen LogP contribution in [0.1, 0.15) is 23.9 Å². The van der Waals surface area contributed by atoms with Gasteiger partial charge in [0.2, 0.25) is 11.7 Å². The molecule has 0 unspecified atom stereocenters. The highest BCUT2D eigenvalue weighted by Gasteiger charge is 2.16. The summed E-state index contributed by atoms with van der Waals surface area (Å²) < 4.78 is 16.1. The third-order valence-corrected chi connectivity index (χ3v) is 4.11. The van der Waals surface area contributed by atoms with Crippen LogP contribution in [-0.4, -0.2) is 29.3 Å². The smallest absolute Gasteiger partial charge is 0.261 e. The lowest BCUT2D eigenvalue weighted by molar-refractivity contribution is -0.127. The fourth-order valence-electron chi connectivity index (χ4n) is 2.75. The van der Waals surface area contributed by atoms with Gasteiger partial charge in [0, 0.05) is 5.56 Å². The second-order valence-electron chi connectivity index (χ2n) is 6.54. The van der Waals surface area contributed by atoms with Gasteiger partial charge in [-0.1, -0.05) is 11.2 Å². The van der Waals surface area contributed by atoms with Crippen LogP contribution in [0.3, 0.4) is 0 Å². The molecule has 0 spiro atoms. The molecule has 7 heteroatoms. The monoisotopic (exact) mass is 381 g/mol. The van der Waals surface area contributed by atoms with Crippen LogP contribution in [0.25, 0.3) is 11.4 Å². The van der Waals surface area contributed by atoms with E-state index >= 15 is 0 Å². The molecule has 3 aromatic rings. The lowest BCUT2D eigenvalue weighted by atomic mass is 10.1. The first-order chi connectivity index (χ1) is 13.4. The Morgan fingerprint density at radius 2 is 1.79 bits per heavy atom. The number of hydrogen-bond acceptors (Lipinski definition) is 6. The number of amides is 1. The van der Waals surface area contributed by atoms with E-state index in [0.29, 0.717) is 17.5 Å². The van der Waals surface area contributed by atoms with E-state index in [1.807, 2.05) is 56.3 Å². The Bertz CT molecular complexity index is 930. The lowest BCUT2D eigenvalue weighted by Gasteiger charge is -2.15. The largest absolute Gasteiger partial charge is 0.497 e. The van der Waals surface area contributed by atoms with E-state index in [4.69, 9.17) is 14.0 Å². The quantitative estimate of drug-likeness (QED) is 0.675. The maximum atomic E-state index is 12.3. The average Bonchev–Trinajstić information content (AvgIpc) is 3.14. The fraction of sp³-hybridized carbons (Fsp3) is 0.286. The second kappa shape index (κ2) is 8.56. The van der Waals surface area contributed by atoms with Gasteiger partial charge in [-0.2, -0.15) is 4.98 Å². The van der Waals surface area contributed by atoms with Crippen molar-refractivity contribution in [1.82, 2.24) is 15.5 Å².